The highest BCUT2D eigenvalue weighted by molar-refractivity contribution is 7.86. The van der Waals surface area contributed by atoms with Crippen molar-refractivity contribution in [2.45, 2.75) is 0 Å². The zero-order valence-electron chi connectivity index (χ0n) is 7.71. The third-order valence-electron chi connectivity index (χ3n) is 1.37. The van der Waals surface area contributed by atoms with Gasteiger partial charge in [-0.25, -0.2) is 0 Å². The molecule has 8 heteroatoms. The molecule has 0 heterocycles. The molecule has 0 amide bonds. The highest BCUT2D eigenvalue weighted by Crippen LogP contribution is 2.24. The molecule has 0 spiro atoms. The van der Waals surface area contributed by atoms with Crippen molar-refractivity contribution in [3.8, 4) is 5.75 Å². The molecular formula is C7H8N2O5S. The van der Waals surface area contributed by atoms with E-state index in [1.54, 1.807) is 0 Å². The van der Waals surface area contributed by atoms with Crippen LogP contribution in [-0.2, 0) is 10.1 Å². The van der Waals surface area contributed by atoms with Gasteiger partial charge < -0.3 is 9.92 Å². The third-order valence-corrected chi connectivity index (χ3v) is 1.87. The topological polar surface area (TPSA) is 113 Å². The largest absolute Gasteiger partial charge is 0.398 e. The first-order chi connectivity index (χ1) is 6.78. The van der Waals surface area contributed by atoms with Gasteiger partial charge in [-0.05, 0) is 0 Å². The van der Waals surface area contributed by atoms with Crippen molar-refractivity contribution in [3.05, 3.63) is 28.3 Å². The summed E-state index contributed by atoms with van der Waals surface area (Å²) in [5.74, 6) is -0.177. The van der Waals surface area contributed by atoms with Crippen LogP contribution in [0.15, 0.2) is 18.2 Å². The van der Waals surface area contributed by atoms with Gasteiger partial charge in [-0.2, -0.15) is 8.42 Å². The number of nitrogens with zero attached hydrogens (tertiary/aromatic N) is 1. The molecule has 0 unspecified atom stereocenters. The van der Waals surface area contributed by atoms with Crippen LogP contribution in [0.4, 0.5) is 11.4 Å². The van der Waals surface area contributed by atoms with Crippen LogP contribution in [0.2, 0.25) is 0 Å². The van der Waals surface area contributed by atoms with Crippen molar-refractivity contribution >= 4 is 21.5 Å². The number of nitrogen functional groups attached to an aromatic ring is 1. The number of benzene rings is 1. The van der Waals surface area contributed by atoms with Crippen molar-refractivity contribution in [2.24, 2.45) is 0 Å². The van der Waals surface area contributed by atoms with E-state index in [0.717, 1.165) is 18.4 Å². The summed E-state index contributed by atoms with van der Waals surface area (Å²) in [5.41, 5.74) is 5.07. The Bertz CT molecular complexity index is 496. The highest BCUT2D eigenvalue weighted by atomic mass is 32.2. The number of nitro benzene ring substituents is 1. The predicted molar refractivity (Wildman–Crippen MR) is 53.0 cm³/mol. The Labute approximate surface area is 85.7 Å². The highest BCUT2D eigenvalue weighted by Gasteiger charge is 2.12. The number of hydrogen-bond donors (Lipinski definition) is 1. The number of nitrogens with two attached hydrogens (primary N) is 1. The third kappa shape index (κ3) is 3.43. The molecule has 0 radical (unpaired) electrons. The summed E-state index contributed by atoms with van der Waals surface area (Å²) in [5, 5.41) is 10.4. The molecule has 0 aliphatic carbocycles. The summed E-state index contributed by atoms with van der Waals surface area (Å²) in [4.78, 5) is 9.73. The maximum atomic E-state index is 10.8. The van der Waals surface area contributed by atoms with Gasteiger partial charge in [0.1, 0.15) is 0 Å². The molecule has 0 saturated carbocycles. The van der Waals surface area contributed by atoms with Gasteiger partial charge in [0.15, 0.2) is 5.75 Å². The quantitative estimate of drug-likeness (QED) is 0.351. The van der Waals surface area contributed by atoms with Gasteiger partial charge in [-0.15, -0.1) is 0 Å². The molecule has 1 aromatic carbocycles. The van der Waals surface area contributed by atoms with E-state index in [4.69, 9.17) is 5.73 Å². The second kappa shape index (κ2) is 3.73. The van der Waals surface area contributed by atoms with Crippen LogP contribution in [0.25, 0.3) is 0 Å². The molecular weight excluding hydrogens is 224 g/mol. The van der Waals surface area contributed by atoms with E-state index in [9.17, 15) is 18.5 Å². The van der Waals surface area contributed by atoms with Crippen molar-refractivity contribution in [2.75, 3.05) is 12.0 Å². The maximum Gasteiger partial charge on any atom is 0.306 e. The van der Waals surface area contributed by atoms with Crippen molar-refractivity contribution in [1.82, 2.24) is 0 Å². The molecule has 0 aliphatic heterocycles. The SMILES string of the molecule is CS(=O)(=O)Oc1cc(N)cc([N+](=O)[O-])c1. The lowest BCUT2D eigenvalue weighted by atomic mass is 10.3. The fraction of sp³-hybridized carbons (Fsp3) is 0.143. The molecule has 82 valence electrons. The smallest absolute Gasteiger partial charge is 0.306 e. The first-order valence-corrected chi connectivity index (χ1v) is 5.54. The Morgan fingerprint density at radius 3 is 2.47 bits per heavy atom. The Morgan fingerprint density at radius 1 is 1.40 bits per heavy atom. The summed E-state index contributed by atoms with van der Waals surface area (Å²) in [6.07, 6.45) is 0.835. The fourth-order valence-electron chi connectivity index (χ4n) is 0.934. The van der Waals surface area contributed by atoms with Crippen LogP contribution >= 0.6 is 0 Å². The molecule has 0 bridgehead atoms. The second-order valence-electron chi connectivity index (χ2n) is 2.80. The van der Waals surface area contributed by atoms with Crippen LogP contribution < -0.4 is 9.92 Å². The molecule has 0 fully saturated rings. The number of nitro groups is 1. The van der Waals surface area contributed by atoms with E-state index < -0.39 is 15.0 Å². The number of anilines is 1. The van der Waals surface area contributed by atoms with Crippen LogP contribution in [0.3, 0.4) is 0 Å². The minimum Gasteiger partial charge on any atom is -0.398 e. The molecule has 2 N–H and O–H groups in total. The standard InChI is InChI=1S/C7H8N2O5S/c1-15(12,13)14-7-3-5(8)2-6(4-7)9(10)11/h2-4H,8H2,1H3. The molecule has 0 atom stereocenters. The number of non-ortho nitro benzene ring substituents is 1. The number of hydrogen-bond acceptors (Lipinski definition) is 6. The van der Waals surface area contributed by atoms with Gasteiger partial charge in [0.05, 0.1) is 17.2 Å². The van der Waals surface area contributed by atoms with Gasteiger partial charge >= 0.3 is 10.1 Å². The summed E-state index contributed by atoms with van der Waals surface area (Å²) < 4.78 is 26.0. The maximum absolute atomic E-state index is 10.8. The summed E-state index contributed by atoms with van der Waals surface area (Å²) in [7, 11) is -3.71. The molecule has 0 aromatic heterocycles. The van der Waals surface area contributed by atoms with Crippen LogP contribution in [-0.4, -0.2) is 19.6 Å². The van der Waals surface area contributed by atoms with E-state index in [1.165, 1.54) is 6.07 Å². The van der Waals surface area contributed by atoms with E-state index >= 15 is 0 Å². The molecule has 15 heavy (non-hydrogen) atoms. The molecule has 1 rings (SSSR count). The van der Waals surface area contributed by atoms with Gasteiger partial charge in [-0.3, -0.25) is 10.1 Å². The summed E-state index contributed by atoms with van der Waals surface area (Å²) in [6.45, 7) is 0. The molecule has 0 saturated heterocycles. The Kier molecular flexibility index (Phi) is 2.80. The zero-order chi connectivity index (χ0) is 11.6. The Hall–Kier alpha value is -1.83. The minimum atomic E-state index is -3.71. The monoisotopic (exact) mass is 232 g/mol. The zero-order valence-corrected chi connectivity index (χ0v) is 8.52. The van der Waals surface area contributed by atoms with E-state index in [2.05, 4.69) is 4.18 Å². The summed E-state index contributed by atoms with van der Waals surface area (Å²) in [6, 6.07) is 3.28. The van der Waals surface area contributed by atoms with E-state index in [-0.39, 0.29) is 17.1 Å². The van der Waals surface area contributed by atoms with Gasteiger partial charge in [0.25, 0.3) is 5.69 Å². The summed E-state index contributed by atoms with van der Waals surface area (Å²) >= 11 is 0. The lowest BCUT2D eigenvalue weighted by Gasteiger charge is -2.03. The normalized spacial score (nSPS) is 11.0. The molecule has 0 aliphatic rings. The van der Waals surface area contributed by atoms with Crippen LogP contribution in [0.1, 0.15) is 0 Å². The minimum absolute atomic E-state index is 0.0582. The average Bonchev–Trinajstić information content (AvgIpc) is 1.99. The lowest BCUT2D eigenvalue weighted by Crippen LogP contribution is -2.06. The Morgan fingerprint density at radius 2 is 2.00 bits per heavy atom. The Balaban J connectivity index is 3.15. The molecule has 7 nitrogen and oxygen atoms in total. The first-order valence-electron chi connectivity index (χ1n) is 3.72. The van der Waals surface area contributed by atoms with E-state index in [1.807, 2.05) is 0 Å². The van der Waals surface area contributed by atoms with Crippen LogP contribution in [0, 0.1) is 10.1 Å². The van der Waals surface area contributed by atoms with Crippen molar-refractivity contribution < 1.29 is 17.5 Å². The molecule has 1 aromatic rings. The first kappa shape index (κ1) is 11.2. The van der Waals surface area contributed by atoms with E-state index in [0.29, 0.717) is 0 Å². The van der Waals surface area contributed by atoms with Crippen molar-refractivity contribution in [1.29, 1.82) is 0 Å². The van der Waals surface area contributed by atoms with Gasteiger partial charge in [-0.1, -0.05) is 0 Å². The fourth-order valence-corrected chi connectivity index (χ4v) is 1.38. The van der Waals surface area contributed by atoms with Crippen molar-refractivity contribution in [3.63, 3.8) is 0 Å². The number of rotatable bonds is 3. The van der Waals surface area contributed by atoms with Gasteiger partial charge in [0, 0.05) is 17.8 Å². The predicted octanol–water partition coefficient (Wildman–Crippen LogP) is 0.515. The van der Waals surface area contributed by atoms with Crippen LogP contribution in [0.5, 0.6) is 5.75 Å². The lowest BCUT2D eigenvalue weighted by molar-refractivity contribution is -0.384. The van der Waals surface area contributed by atoms with Gasteiger partial charge in [0.2, 0.25) is 0 Å². The second-order valence-corrected chi connectivity index (χ2v) is 4.38. The average molecular weight is 232 g/mol.